The third-order valence-corrected chi connectivity index (χ3v) is 5.96. The molecule has 0 saturated carbocycles. The van der Waals surface area contributed by atoms with Crippen LogP contribution in [0.4, 0.5) is 0 Å². The maximum Gasteiger partial charge on any atom is 0.335 e. The van der Waals surface area contributed by atoms with Gasteiger partial charge in [-0.3, -0.25) is 9.59 Å². The summed E-state index contributed by atoms with van der Waals surface area (Å²) in [6.45, 7) is 0.381. The first kappa shape index (κ1) is 22.7. The van der Waals surface area contributed by atoms with Crippen LogP contribution in [0.25, 0.3) is 0 Å². The van der Waals surface area contributed by atoms with Crippen molar-refractivity contribution >= 4 is 23.5 Å². The van der Waals surface area contributed by atoms with Gasteiger partial charge in [0.25, 0.3) is 5.91 Å². The van der Waals surface area contributed by atoms with Crippen molar-refractivity contribution < 1.29 is 24.7 Å². The van der Waals surface area contributed by atoms with Crippen LogP contribution in [0.2, 0.25) is 0 Å². The Morgan fingerprint density at radius 1 is 0.912 bits per heavy atom. The number of carbonyl (C=O) groups excluding carboxylic acids is 2. The molecule has 0 aliphatic carbocycles. The molecular weight excluding hydrogens is 434 g/mol. The van der Waals surface area contributed by atoms with Crippen LogP contribution in [-0.2, 0) is 17.6 Å². The molecule has 4 N–H and O–H groups in total. The highest BCUT2D eigenvalue weighted by Crippen LogP contribution is 2.32. The fraction of sp³-hybridized carbons (Fsp3) is 0.154. The molecular formula is C26H23N3O5. The summed E-state index contributed by atoms with van der Waals surface area (Å²) >= 11 is 0. The molecule has 1 aliphatic heterocycles. The molecule has 0 bridgehead atoms. The van der Waals surface area contributed by atoms with Gasteiger partial charge in [-0.15, -0.1) is 0 Å². The minimum atomic E-state index is -1.03. The lowest BCUT2D eigenvalue weighted by Crippen LogP contribution is -2.44. The van der Waals surface area contributed by atoms with Crippen molar-refractivity contribution in [1.29, 1.82) is 0 Å². The lowest BCUT2D eigenvalue weighted by atomic mass is 9.87. The predicted octanol–water partition coefficient (Wildman–Crippen LogP) is 3.03. The molecule has 4 rings (SSSR count). The zero-order valence-corrected chi connectivity index (χ0v) is 18.2. The molecule has 8 nitrogen and oxygen atoms in total. The van der Waals surface area contributed by atoms with E-state index in [-0.39, 0.29) is 29.5 Å². The molecule has 1 atom stereocenters. The van der Waals surface area contributed by atoms with Crippen molar-refractivity contribution in [3.8, 4) is 0 Å². The van der Waals surface area contributed by atoms with E-state index in [2.05, 4.69) is 5.16 Å². The highest BCUT2D eigenvalue weighted by Gasteiger charge is 2.35. The fourth-order valence-corrected chi connectivity index (χ4v) is 4.20. The molecule has 34 heavy (non-hydrogen) atoms. The summed E-state index contributed by atoms with van der Waals surface area (Å²) in [5.74, 6) is -1.54. The topological polar surface area (TPSA) is 133 Å². The predicted molar refractivity (Wildman–Crippen MR) is 125 cm³/mol. The molecule has 0 spiro atoms. The number of hydrogen-bond acceptors (Lipinski definition) is 5. The number of benzene rings is 3. The molecule has 0 unspecified atom stereocenters. The number of Topliss-reactive ketones (excluding diaryl/α,β-unsaturated/α-hetero) is 1. The Morgan fingerprint density at radius 2 is 1.53 bits per heavy atom. The van der Waals surface area contributed by atoms with Gasteiger partial charge < -0.3 is 20.9 Å². The Balaban J connectivity index is 1.64. The Morgan fingerprint density at radius 3 is 2.18 bits per heavy atom. The summed E-state index contributed by atoms with van der Waals surface area (Å²) in [5.41, 5.74) is 9.10. The number of aromatic carboxylic acids is 1. The third-order valence-electron chi connectivity index (χ3n) is 5.96. The molecule has 0 fully saturated rings. The summed E-state index contributed by atoms with van der Waals surface area (Å²) in [5, 5.41) is 20.9. The second-order valence-corrected chi connectivity index (χ2v) is 8.06. The number of oxime groups is 1. The average Bonchev–Trinajstić information content (AvgIpc) is 2.87. The summed E-state index contributed by atoms with van der Waals surface area (Å²) in [6, 6.07) is 19.3. The van der Waals surface area contributed by atoms with E-state index < -0.39 is 12.0 Å². The van der Waals surface area contributed by atoms with E-state index in [9.17, 15) is 14.4 Å². The van der Waals surface area contributed by atoms with Crippen molar-refractivity contribution in [3.05, 3.63) is 106 Å². The zero-order chi connectivity index (χ0) is 24.2. The lowest BCUT2D eigenvalue weighted by Gasteiger charge is -2.36. The summed E-state index contributed by atoms with van der Waals surface area (Å²) in [6.07, 6.45) is 0.687. The van der Waals surface area contributed by atoms with E-state index >= 15 is 0 Å². The maximum atomic E-state index is 13.5. The van der Waals surface area contributed by atoms with Crippen LogP contribution in [-0.4, -0.2) is 45.3 Å². The number of amidine groups is 1. The number of carboxylic acid groups (broad SMARTS) is 1. The number of nitrogens with zero attached hydrogens (tertiary/aromatic N) is 2. The number of amides is 1. The molecule has 1 amide bonds. The maximum absolute atomic E-state index is 13.5. The van der Waals surface area contributed by atoms with Gasteiger partial charge in [0.15, 0.2) is 11.6 Å². The van der Waals surface area contributed by atoms with Gasteiger partial charge in [0.05, 0.1) is 5.56 Å². The largest absolute Gasteiger partial charge is 0.478 e. The molecule has 0 saturated heterocycles. The number of fused-ring (bicyclic) bond motifs is 1. The van der Waals surface area contributed by atoms with E-state index in [1.54, 1.807) is 41.3 Å². The summed E-state index contributed by atoms with van der Waals surface area (Å²) in [4.78, 5) is 39.6. The second-order valence-electron chi connectivity index (χ2n) is 8.06. The van der Waals surface area contributed by atoms with Gasteiger partial charge in [-0.05, 0) is 47.4 Å². The number of hydrogen-bond donors (Lipinski definition) is 3. The number of rotatable bonds is 6. The van der Waals surface area contributed by atoms with E-state index in [1.807, 2.05) is 24.3 Å². The number of ketones is 1. The van der Waals surface area contributed by atoms with Crippen LogP contribution in [0, 0.1) is 0 Å². The minimum Gasteiger partial charge on any atom is -0.478 e. The standard InChI is InChI=1S/C26H23N3O5/c27-24(28-34)18-9-11-19(12-10-18)25(31)29-14-13-17-3-1-2-4-21(17)23(29)22(30)15-16-5-7-20(8-6-16)26(32)33/h1-12,23,34H,13-15H2,(H2,27,28)(H,32,33)/t23-/m0/s1. The summed E-state index contributed by atoms with van der Waals surface area (Å²) < 4.78 is 0. The van der Waals surface area contributed by atoms with E-state index in [4.69, 9.17) is 16.0 Å². The number of carbonyl (C=O) groups is 3. The van der Waals surface area contributed by atoms with E-state index in [1.165, 1.54) is 12.1 Å². The number of carboxylic acids is 1. The molecule has 1 heterocycles. The molecule has 8 heteroatoms. The van der Waals surface area contributed by atoms with Crippen LogP contribution in [0.1, 0.15) is 49.0 Å². The van der Waals surface area contributed by atoms with Gasteiger partial charge in [-0.1, -0.05) is 53.7 Å². The van der Waals surface area contributed by atoms with Gasteiger partial charge in [0.1, 0.15) is 6.04 Å². The van der Waals surface area contributed by atoms with Crippen LogP contribution in [0.3, 0.4) is 0 Å². The molecule has 0 aromatic heterocycles. The van der Waals surface area contributed by atoms with Crippen molar-refractivity contribution in [2.45, 2.75) is 18.9 Å². The smallest absolute Gasteiger partial charge is 0.335 e. The Kier molecular flexibility index (Phi) is 6.40. The molecule has 172 valence electrons. The molecule has 3 aromatic carbocycles. The Labute approximate surface area is 195 Å². The normalized spacial score (nSPS) is 15.5. The first-order valence-corrected chi connectivity index (χ1v) is 10.7. The second kappa shape index (κ2) is 9.58. The van der Waals surface area contributed by atoms with Crippen molar-refractivity contribution in [2.75, 3.05) is 6.54 Å². The quantitative estimate of drug-likeness (QED) is 0.226. The van der Waals surface area contributed by atoms with Crippen LogP contribution in [0.15, 0.2) is 78.0 Å². The van der Waals surface area contributed by atoms with Gasteiger partial charge in [-0.2, -0.15) is 0 Å². The first-order valence-electron chi connectivity index (χ1n) is 10.7. The van der Waals surface area contributed by atoms with Gasteiger partial charge in [0.2, 0.25) is 0 Å². The molecule has 1 aliphatic rings. The monoisotopic (exact) mass is 457 g/mol. The Bertz CT molecular complexity index is 1270. The average molecular weight is 457 g/mol. The SMILES string of the molecule is NC(=NO)c1ccc(C(=O)N2CCc3ccccc3[C@H]2C(=O)Cc2ccc(C(=O)O)cc2)cc1. The Hall–Kier alpha value is -4.46. The van der Waals surface area contributed by atoms with Gasteiger partial charge in [0, 0.05) is 24.1 Å². The van der Waals surface area contributed by atoms with E-state index in [0.717, 1.165) is 11.1 Å². The van der Waals surface area contributed by atoms with Gasteiger partial charge in [-0.25, -0.2) is 4.79 Å². The highest BCUT2D eigenvalue weighted by molar-refractivity contribution is 6.01. The third kappa shape index (κ3) is 4.52. The van der Waals surface area contributed by atoms with Crippen LogP contribution in [0.5, 0.6) is 0 Å². The van der Waals surface area contributed by atoms with Crippen molar-refractivity contribution in [1.82, 2.24) is 4.90 Å². The molecule has 0 radical (unpaired) electrons. The van der Waals surface area contributed by atoms with Crippen LogP contribution >= 0.6 is 0 Å². The van der Waals surface area contributed by atoms with Crippen LogP contribution < -0.4 is 5.73 Å². The molecule has 3 aromatic rings. The van der Waals surface area contributed by atoms with Gasteiger partial charge >= 0.3 is 5.97 Å². The minimum absolute atomic E-state index is 0.0606. The fourth-order valence-electron chi connectivity index (χ4n) is 4.20. The lowest BCUT2D eigenvalue weighted by molar-refractivity contribution is -0.123. The summed E-state index contributed by atoms with van der Waals surface area (Å²) in [7, 11) is 0. The van der Waals surface area contributed by atoms with Crippen molar-refractivity contribution in [2.24, 2.45) is 10.9 Å². The zero-order valence-electron chi connectivity index (χ0n) is 18.2. The van der Waals surface area contributed by atoms with Crippen molar-refractivity contribution in [3.63, 3.8) is 0 Å². The highest BCUT2D eigenvalue weighted by atomic mass is 16.4. The van der Waals surface area contributed by atoms with E-state index in [0.29, 0.717) is 29.7 Å². The first-order chi connectivity index (χ1) is 16.4. The number of nitrogens with two attached hydrogens (primary N) is 1.